The van der Waals surface area contributed by atoms with Gasteiger partial charge in [-0.1, -0.05) is 11.6 Å². The molecule has 7 heteroatoms. The van der Waals surface area contributed by atoms with E-state index < -0.39 is 29.4 Å². The van der Waals surface area contributed by atoms with E-state index in [2.05, 4.69) is 10.6 Å². The molecule has 22 heavy (non-hydrogen) atoms. The zero-order valence-corrected chi connectivity index (χ0v) is 12.2. The Balaban J connectivity index is 2.04. The van der Waals surface area contributed by atoms with Crippen molar-refractivity contribution in [2.24, 2.45) is 0 Å². The first-order chi connectivity index (χ1) is 10.4. The number of benzene rings is 2. The first-order valence-electron chi connectivity index (χ1n) is 6.34. The molecule has 116 valence electrons. The third kappa shape index (κ3) is 3.92. The first kappa shape index (κ1) is 16.2. The summed E-state index contributed by atoms with van der Waals surface area (Å²) in [5.41, 5.74) is 0.214. The van der Waals surface area contributed by atoms with E-state index in [9.17, 15) is 18.0 Å². The van der Waals surface area contributed by atoms with Crippen molar-refractivity contribution in [3.63, 3.8) is 0 Å². The van der Waals surface area contributed by atoms with Gasteiger partial charge < -0.3 is 10.6 Å². The van der Waals surface area contributed by atoms with E-state index in [1.54, 1.807) is 0 Å². The number of hydrogen-bond acceptors (Lipinski definition) is 2. The van der Waals surface area contributed by atoms with Crippen LogP contribution in [-0.4, -0.2) is 11.9 Å². The summed E-state index contributed by atoms with van der Waals surface area (Å²) in [4.78, 5) is 12.0. The van der Waals surface area contributed by atoms with E-state index >= 15 is 0 Å². The Labute approximate surface area is 130 Å². The highest BCUT2D eigenvalue weighted by molar-refractivity contribution is 6.30. The van der Waals surface area contributed by atoms with E-state index in [1.807, 2.05) is 0 Å². The standard InChI is InChI=1S/C15H12ClF3N2O/c1-8(20-10-3-4-11(17)12(18)7-10)15(22)21-14-5-2-9(16)6-13(14)19/h2-8,20H,1H3,(H,21,22). The van der Waals surface area contributed by atoms with Gasteiger partial charge in [-0.25, -0.2) is 13.2 Å². The number of anilines is 2. The number of rotatable bonds is 4. The molecule has 0 spiro atoms. The van der Waals surface area contributed by atoms with E-state index in [0.717, 1.165) is 18.2 Å². The number of hydrogen-bond donors (Lipinski definition) is 2. The fourth-order valence-corrected chi connectivity index (χ4v) is 1.89. The average Bonchev–Trinajstić information content (AvgIpc) is 2.45. The lowest BCUT2D eigenvalue weighted by molar-refractivity contribution is -0.116. The summed E-state index contributed by atoms with van der Waals surface area (Å²) in [5, 5.41) is 5.29. The molecule has 2 aromatic carbocycles. The smallest absolute Gasteiger partial charge is 0.246 e. The minimum atomic E-state index is -1.03. The van der Waals surface area contributed by atoms with Crippen LogP contribution in [0, 0.1) is 17.5 Å². The summed E-state index contributed by atoms with van der Waals surface area (Å²) in [7, 11) is 0. The molecule has 2 N–H and O–H groups in total. The quantitative estimate of drug-likeness (QED) is 0.883. The van der Waals surface area contributed by atoms with Crippen molar-refractivity contribution in [2.45, 2.75) is 13.0 Å². The molecular formula is C15H12ClF3N2O. The van der Waals surface area contributed by atoms with Gasteiger partial charge in [0, 0.05) is 16.8 Å². The molecule has 1 unspecified atom stereocenters. The number of halogens is 4. The van der Waals surface area contributed by atoms with Crippen molar-refractivity contribution in [3.05, 3.63) is 58.9 Å². The van der Waals surface area contributed by atoms with Crippen LogP contribution in [0.5, 0.6) is 0 Å². The van der Waals surface area contributed by atoms with Crippen LogP contribution in [-0.2, 0) is 4.79 Å². The van der Waals surface area contributed by atoms with Crippen LogP contribution < -0.4 is 10.6 Å². The first-order valence-corrected chi connectivity index (χ1v) is 6.72. The van der Waals surface area contributed by atoms with E-state index in [-0.39, 0.29) is 16.4 Å². The van der Waals surface area contributed by atoms with Crippen LogP contribution in [0.1, 0.15) is 6.92 Å². The van der Waals surface area contributed by atoms with Crippen LogP contribution in [0.25, 0.3) is 0 Å². The lowest BCUT2D eigenvalue weighted by atomic mass is 10.2. The summed E-state index contributed by atoms with van der Waals surface area (Å²) >= 11 is 5.62. The highest BCUT2D eigenvalue weighted by Gasteiger charge is 2.15. The molecule has 2 aromatic rings. The second kappa shape index (κ2) is 6.70. The third-order valence-electron chi connectivity index (χ3n) is 2.89. The lowest BCUT2D eigenvalue weighted by Gasteiger charge is -2.15. The van der Waals surface area contributed by atoms with Gasteiger partial charge >= 0.3 is 0 Å². The molecule has 0 aliphatic carbocycles. The van der Waals surface area contributed by atoms with Crippen molar-refractivity contribution in [2.75, 3.05) is 10.6 Å². The highest BCUT2D eigenvalue weighted by atomic mass is 35.5. The number of nitrogens with one attached hydrogen (secondary N) is 2. The van der Waals surface area contributed by atoms with Crippen molar-refractivity contribution in [3.8, 4) is 0 Å². The van der Waals surface area contributed by atoms with Gasteiger partial charge in [-0.15, -0.1) is 0 Å². The molecule has 0 aliphatic heterocycles. The Morgan fingerprint density at radius 1 is 1.05 bits per heavy atom. The van der Waals surface area contributed by atoms with Crippen LogP contribution in [0.4, 0.5) is 24.5 Å². The van der Waals surface area contributed by atoms with Gasteiger partial charge in [-0.2, -0.15) is 0 Å². The summed E-state index contributed by atoms with van der Waals surface area (Å²) in [6.07, 6.45) is 0. The molecule has 0 fully saturated rings. The Morgan fingerprint density at radius 2 is 1.77 bits per heavy atom. The number of amides is 1. The largest absolute Gasteiger partial charge is 0.374 e. The second-order valence-corrected chi connectivity index (χ2v) is 5.04. The molecule has 0 bridgehead atoms. The molecule has 0 aromatic heterocycles. The maximum absolute atomic E-state index is 13.6. The maximum Gasteiger partial charge on any atom is 0.246 e. The average molecular weight is 329 g/mol. The van der Waals surface area contributed by atoms with Crippen molar-refractivity contribution in [1.29, 1.82) is 0 Å². The summed E-state index contributed by atoms with van der Waals surface area (Å²) in [6, 6.07) is 6.23. The van der Waals surface area contributed by atoms with Gasteiger partial charge in [-0.05, 0) is 37.3 Å². The van der Waals surface area contributed by atoms with Crippen LogP contribution >= 0.6 is 11.6 Å². The maximum atomic E-state index is 13.6. The molecule has 0 radical (unpaired) electrons. The van der Waals surface area contributed by atoms with Gasteiger partial charge in [0.25, 0.3) is 0 Å². The summed E-state index contributed by atoms with van der Waals surface area (Å²) < 4.78 is 39.5. The SMILES string of the molecule is CC(Nc1ccc(F)c(F)c1)C(=O)Nc1ccc(Cl)cc1F. The van der Waals surface area contributed by atoms with E-state index in [1.165, 1.54) is 25.1 Å². The summed E-state index contributed by atoms with van der Waals surface area (Å²) in [6.45, 7) is 1.50. The van der Waals surface area contributed by atoms with Crippen LogP contribution in [0.2, 0.25) is 5.02 Å². The Hall–Kier alpha value is -2.21. The van der Waals surface area contributed by atoms with Crippen LogP contribution in [0.15, 0.2) is 36.4 Å². The predicted octanol–water partition coefficient (Wildman–Crippen LogP) is 4.20. The van der Waals surface area contributed by atoms with Gasteiger partial charge in [0.15, 0.2) is 11.6 Å². The fraction of sp³-hybridized carbons (Fsp3) is 0.133. The van der Waals surface area contributed by atoms with E-state index in [0.29, 0.717) is 0 Å². The lowest BCUT2D eigenvalue weighted by Crippen LogP contribution is -2.32. The van der Waals surface area contributed by atoms with Crippen molar-refractivity contribution < 1.29 is 18.0 Å². The van der Waals surface area contributed by atoms with Gasteiger partial charge in [-0.3, -0.25) is 4.79 Å². The van der Waals surface area contributed by atoms with E-state index in [4.69, 9.17) is 11.6 Å². The zero-order valence-electron chi connectivity index (χ0n) is 11.5. The minimum Gasteiger partial charge on any atom is -0.374 e. The Bertz CT molecular complexity index is 709. The van der Waals surface area contributed by atoms with Gasteiger partial charge in [0.1, 0.15) is 11.9 Å². The normalized spacial score (nSPS) is 11.9. The second-order valence-electron chi connectivity index (χ2n) is 4.61. The molecule has 0 heterocycles. The molecule has 0 aliphatic rings. The number of carbonyl (C=O) groups is 1. The minimum absolute atomic E-state index is 0.0201. The van der Waals surface area contributed by atoms with Gasteiger partial charge in [0.05, 0.1) is 5.69 Å². The van der Waals surface area contributed by atoms with Crippen molar-refractivity contribution in [1.82, 2.24) is 0 Å². The summed E-state index contributed by atoms with van der Waals surface area (Å²) in [5.74, 6) is -3.21. The molecule has 0 saturated carbocycles. The molecular weight excluding hydrogens is 317 g/mol. The number of carbonyl (C=O) groups excluding carboxylic acids is 1. The highest BCUT2D eigenvalue weighted by Crippen LogP contribution is 2.19. The topological polar surface area (TPSA) is 41.1 Å². The molecule has 2 rings (SSSR count). The van der Waals surface area contributed by atoms with Crippen molar-refractivity contribution >= 4 is 28.9 Å². The van der Waals surface area contributed by atoms with Crippen LogP contribution in [0.3, 0.4) is 0 Å². The molecule has 1 atom stereocenters. The molecule has 0 saturated heterocycles. The predicted molar refractivity (Wildman–Crippen MR) is 79.5 cm³/mol. The Morgan fingerprint density at radius 3 is 2.41 bits per heavy atom. The monoisotopic (exact) mass is 328 g/mol. The Kier molecular flexibility index (Phi) is 4.92. The van der Waals surface area contributed by atoms with Gasteiger partial charge in [0.2, 0.25) is 5.91 Å². The fourth-order valence-electron chi connectivity index (χ4n) is 1.73. The molecule has 3 nitrogen and oxygen atoms in total. The third-order valence-corrected chi connectivity index (χ3v) is 3.12. The zero-order chi connectivity index (χ0) is 16.3. The molecule has 1 amide bonds.